The minimum Gasteiger partial charge on any atom is -0.508 e. The summed E-state index contributed by atoms with van der Waals surface area (Å²) in [5.74, 6) is -0.369. The molecule has 2 aromatic rings. The third-order valence-electron chi connectivity index (χ3n) is 3.78. The van der Waals surface area contributed by atoms with Crippen LogP contribution in [-0.2, 0) is 9.59 Å². The molecular formula is C19H18N4O3S. The summed E-state index contributed by atoms with van der Waals surface area (Å²) >= 11 is 1.16. The fraction of sp³-hybridized carbons (Fsp3) is 0.158. The van der Waals surface area contributed by atoms with Crippen molar-refractivity contribution in [3.05, 3.63) is 60.2 Å². The topological polar surface area (TPSA) is 103 Å². The number of rotatable bonds is 4. The van der Waals surface area contributed by atoms with Crippen LogP contribution in [0, 0.1) is 0 Å². The molecule has 0 radical (unpaired) electrons. The predicted octanol–water partition coefficient (Wildman–Crippen LogP) is 2.73. The molecule has 1 unspecified atom stereocenters. The average molecular weight is 382 g/mol. The van der Waals surface area contributed by atoms with Crippen LogP contribution < -0.4 is 10.6 Å². The second-order valence-electron chi connectivity index (χ2n) is 5.85. The molecule has 1 aliphatic heterocycles. The van der Waals surface area contributed by atoms with Crippen molar-refractivity contribution in [1.82, 2.24) is 5.32 Å². The molecule has 1 fully saturated rings. The number of nitrogens with zero attached hydrogens (tertiary/aromatic N) is 2. The van der Waals surface area contributed by atoms with Gasteiger partial charge in [0.1, 0.15) is 11.0 Å². The summed E-state index contributed by atoms with van der Waals surface area (Å²) in [5.41, 5.74) is 2.09. The van der Waals surface area contributed by atoms with Crippen molar-refractivity contribution >= 4 is 40.1 Å². The lowest BCUT2D eigenvalue weighted by Crippen LogP contribution is -2.41. The van der Waals surface area contributed by atoms with Crippen LogP contribution in [0.4, 0.5) is 5.69 Å². The molecule has 0 saturated carbocycles. The molecular weight excluding hydrogens is 364 g/mol. The molecule has 1 aliphatic rings. The quantitative estimate of drug-likeness (QED) is 0.559. The van der Waals surface area contributed by atoms with Gasteiger partial charge in [-0.1, -0.05) is 30.0 Å². The van der Waals surface area contributed by atoms with Crippen molar-refractivity contribution in [3.63, 3.8) is 0 Å². The number of carbonyl (C=O) groups is 2. The van der Waals surface area contributed by atoms with Gasteiger partial charge in [-0.3, -0.25) is 9.59 Å². The molecule has 8 heteroatoms. The van der Waals surface area contributed by atoms with E-state index >= 15 is 0 Å². The highest BCUT2D eigenvalue weighted by atomic mass is 32.2. The fourth-order valence-corrected chi connectivity index (χ4v) is 3.30. The molecule has 1 atom stereocenters. The van der Waals surface area contributed by atoms with Crippen LogP contribution in [0.2, 0.25) is 0 Å². The Bertz CT molecular complexity index is 895. The first-order valence-corrected chi connectivity index (χ1v) is 9.13. The number of thioether (sulfide) groups is 1. The Morgan fingerprint density at radius 2 is 1.89 bits per heavy atom. The first-order valence-electron chi connectivity index (χ1n) is 8.25. The van der Waals surface area contributed by atoms with Gasteiger partial charge in [-0.25, -0.2) is 0 Å². The van der Waals surface area contributed by atoms with Crippen LogP contribution in [0.5, 0.6) is 5.75 Å². The summed E-state index contributed by atoms with van der Waals surface area (Å²) in [6.07, 6.45) is 0.0724. The zero-order chi connectivity index (χ0) is 19.2. The van der Waals surface area contributed by atoms with Gasteiger partial charge < -0.3 is 15.7 Å². The van der Waals surface area contributed by atoms with Gasteiger partial charge in [0.05, 0.1) is 5.71 Å². The standard InChI is InChI=1S/C19H18N4O3S/c1-12(13-7-9-15(24)10-8-13)22-23-19-21-17(25)11-16(27-19)18(26)20-14-5-3-2-4-6-14/h2-10,16,24H,11H2,1H3,(H,20,26)(H,21,23,25)/b22-12+. The van der Waals surface area contributed by atoms with Crippen LogP contribution in [0.1, 0.15) is 18.9 Å². The van der Waals surface area contributed by atoms with Crippen LogP contribution in [0.25, 0.3) is 0 Å². The maximum absolute atomic E-state index is 12.4. The number of anilines is 1. The number of amides is 2. The minimum atomic E-state index is -0.582. The monoisotopic (exact) mass is 382 g/mol. The number of amidine groups is 1. The number of carbonyl (C=O) groups excluding carboxylic acids is 2. The highest BCUT2D eigenvalue weighted by Crippen LogP contribution is 2.22. The number of nitrogens with one attached hydrogen (secondary N) is 2. The Morgan fingerprint density at radius 3 is 2.59 bits per heavy atom. The smallest absolute Gasteiger partial charge is 0.238 e. The van der Waals surface area contributed by atoms with E-state index in [0.29, 0.717) is 11.4 Å². The number of aromatic hydroxyl groups is 1. The SMILES string of the molecule is C/C(=N\N=C1/NC(=O)CC(C(=O)Nc2ccccc2)S1)c1ccc(O)cc1. The van der Waals surface area contributed by atoms with Crippen molar-refractivity contribution in [2.75, 3.05) is 5.32 Å². The molecule has 138 valence electrons. The minimum absolute atomic E-state index is 0.0724. The van der Waals surface area contributed by atoms with E-state index < -0.39 is 5.25 Å². The van der Waals surface area contributed by atoms with Gasteiger partial charge in [-0.05, 0) is 48.9 Å². The zero-order valence-corrected chi connectivity index (χ0v) is 15.4. The first kappa shape index (κ1) is 18.7. The van der Waals surface area contributed by atoms with E-state index in [1.807, 2.05) is 18.2 Å². The van der Waals surface area contributed by atoms with Crippen molar-refractivity contribution < 1.29 is 14.7 Å². The van der Waals surface area contributed by atoms with Gasteiger partial charge >= 0.3 is 0 Å². The molecule has 0 bridgehead atoms. The second-order valence-corrected chi connectivity index (χ2v) is 7.04. The fourth-order valence-electron chi connectivity index (χ4n) is 2.36. The summed E-state index contributed by atoms with van der Waals surface area (Å²) in [5, 5.41) is 22.6. The summed E-state index contributed by atoms with van der Waals surface area (Å²) < 4.78 is 0. The number of phenolic OH excluding ortho intramolecular Hbond substituents is 1. The van der Waals surface area contributed by atoms with Crippen LogP contribution >= 0.6 is 11.8 Å². The number of hydrogen-bond donors (Lipinski definition) is 3. The van der Waals surface area contributed by atoms with E-state index in [0.717, 1.165) is 17.3 Å². The Balaban J connectivity index is 1.69. The summed E-state index contributed by atoms with van der Waals surface area (Å²) in [7, 11) is 0. The highest BCUT2D eigenvalue weighted by Gasteiger charge is 2.30. The summed E-state index contributed by atoms with van der Waals surface area (Å²) in [6, 6.07) is 15.6. The zero-order valence-electron chi connectivity index (χ0n) is 14.5. The molecule has 0 aliphatic carbocycles. The molecule has 27 heavy (non-hydrogen) atoms. The van der Waals surface area contributed by atoms with Crippen molar-refractivity contribution in [3.8, 4) is 5.75 Å². The lowest BCUT2D eigenvalue weighted by molar-refractivity contribution is -0.123. The van der Waals surface area contributed by atoms with Gasteiger partial charge in [-0.15, -0.1) is 5.10 Å². The van der Waals surface area contributed by atoms with Gasteiger partial charge in [0.15, 0.2) is 5.17 Å². The van der Waals surface area contributed by atoms with Crippen molar-refractivity contribution in [2.24, 2.45) is 10.2 Å². The molecule has 2 amide bonds. The molecule has 2 aromatic carbocycles. The van der Waals surface area contributed by atoms with Crippen LogP contribution in [0.15, 0.2) is 64.8 Å². The molecule has 0 spiro atoms. The van der Waals surface area contributed by atoms with Gasteiger partial charge in [0, 0.05) is 12.1 Å². The summed E-state index contributed by atoms with van der Waals surface area (Å²) in [6.45, 7) is 1.77. The van der Waals surface area contributed by atoms with E-state index in [4.69, 9.17) is 0 Å². The Hall–Kier alpha value is -3.13. The van der Waals surface area contributed by atoms with E-state index in [1.165, 1.54) is 0 Å². The van der Waals surface area contributed by atoms with Crippen LogP contribution in [-0.4, -0.2) is 33.1 Å². The molecule has 7 nitrogen and oxygen atoms in total. The highest BCUT2D eigenvalue weighted by molar-refractivity contribution is 8.15. The molecule has 1 heterocycles. The number of benzene rings is 2. The second kappa shape index (κ2) is 8.50. The third-order valence-corrected chi connectivity index (χ3v) is 4.85. The first-order chi connectivity index (χ1) is 13.0. The Labute approximate surface area is 160 Å². The van der Waals surface area contributed by atoms with E-state index in [9.17, 15) is 14.7 Å². The van der Waals surface area contributed by atoms with Gasteiger partial charge in [-0.2, -0.15) is 5.10 Å². The van der Waals surface area contributed by atoms with E-state index in [-0.39, 0.29) is 29.2 Å². The van der Waals surface area contributed by atoms with Crippen LogP contribution in [0.3, 0.4) is 0 Å². The molecule has 0 aromatic heterocycles. The normalized spacial score (nSPS) is 18.9. The third kappa shape index (κ3) is 5.18. The largest absolute Gasteiger partial charge is 0.508 e. The number of phenols is 1. The molecule has 1 saturated heterocycles. The lowest BCUT2D eigenvalue weighted by atomic mass is 10.1. The van der Waals surface area contributed by atoms with Crippen molar-refractivity contribution in [2.45, 2.75) is 18.6 Å². The summed E-state index contributed by atoms with van der Waals surface area (Å²) in [4.78, 5) is 24.4. The maximum atomic E-state index is 12.4. The lowest BCUT2D eigenvalue weighted by Gasteiger charge is -2.21. The van der Waals surface area contributed by atoms with Gasteiger partial charge in [0.2, 0.25) is 11.8 Å². The van der Waals surface area contributed by atoms with Gasteiger partial charge in [0.25, 0.3) is 0 Å². The average Bonchev–Trinajstić information content (AvgIpc) is 2.67. The maximum Gasteiger partial charge on any atom is 0.238 e. The molecule has 3 rings (SSSR count). The van der Waals surface area contributed by atoms with Crippen molar-refractivity contribution in [1.29, 1.82) is 0 Å². The molecule has 3 N–H and O–H groups in total. The van der Waals surface area contributed by atoms with E-state index in [2.05, 4.69) is 20.8 Å². The van der Waals surface area contributed by atoms with E-state index in [1.54, 1.807) is 43.3 Å². The number of hydrogen-bond acceptors (Lipinski definition) is 6. The Kier molecular flexibility index (Phi) is 5.87. The number of para-hydroxylation sites is 1. The predicted molar refractivity (Wildman–Crippen MR) is 107 cm³/mol. The Morgan fingerprint density at radius 1 is 1.19 bits per heavy atom.